The van der Waals surface area contributed by atoms with Crippen molar-refractivity contribution in [2.45, 2.75) is 57.4 Å². The lowest BCUT2D eigenvalue weighted by Gasteiger charge is -2.18. The van der Waals surface area contributed by atoms with Crippen LogP contribution < -0.4 is 5.32 Å². The van der Waals surface area contributed by atoms with Crippen molar-refractivity contribution >= 4 is 23.1 Å². The highest BCUT2D eigenvalue weighted by Gasteiger charge is 2.25. The van der Waals surface area contributed by atoms with Gasteiger partial charge in [0.1, 0.15) is 0 Å². The average molecular weight is 269 g/mol. The lowest BCUT2D eigenvalue weighted by molar-refractivity contribution is 0.466. The summed E-state index contributed by atoms with van der Waals surface area (Å²) in [5.41, 5.74) is 0. The fourth-order valence-corrected chi connectivity index (χ4v) is 4.63. The summed E-state index contributed by atoms with van der Waals surface area (Å²) in [6.45, 7) is 6.75. The Labute approximate surface area is 113 Å². The molecular weight excluding hydrogens is 246 g/mol. The second-order valence-corrected chi connectivity index (χ2v) is 7.82. The van der Waals surface area contributed by atoms with Gasteiger partial charge in [-0.2, -0.15) is 11.8 Å². The van der Waals surface area contributed by atoms with E-state index in [4.69, 9.17) is 0 Å². The Morgan fingerprint density at radius 1 is 1.47 bits per heavy atom. The van der Waals surface area contributed by atoms with Gasteiger partial charge in [-0.1, -0.05) is 6.92 Å². The summed E-state index contributed by atoms with van der Waals surface area (Å²) in [6, 6.07) is 5.74. The van der Waals surface area contributed by atoms with E-state index in [2.05, 4.69) is 50.0 Å². The maximum Gasteiger partial charge on any atom is 0.0388 e. The Morgan fingerprint density at radius 3 is 2.94 bits per heavy atom. The standard InChI is InChI=1S/C14H23NS2/c1-4-16-13-7-6-12(9-13)15-11(3)14-8-5-10(2)17-14/h5,8,11-13,15H,4,6-7,9H2,1-3H3. The molecule has 17 heavy (non-hydrogen) atoms. The Hall–Kier alpha value is 0.01000. The zero-order chi connectivity index (χ0) is 12.3. The maximum absolute atomic E-state index is 3.79. The van der Waals surface area contributed by atoms with Gasteiger partial charge in [0, 0.05) is 27.1 Å². The molecule has 0 aromatic carbocycles. The SMILES string of the molecule is CCSC1CCC(NC(C)c2ccc(C)s2)C1. The van der Waals surface area contributed by atoms with Gasteiger partial charge in [-0.15, -0.1) is 11.3 Å². The molecule has 1 aromatic rings. The van der Waals surface area contributed by atoms with Crippen molar-refractivity contribution in [3.8, 4) is 0 Å². The third kappa shape index (κ3) is 3.73. The van der Waals surface area contributed by atoms with Crippen molar-refractivity contribution in [3.05, 3.63) is 21.9 Å². The van der Waals surface area contributed by atoms with E-state index in [1.807, 2.05) is 11.3 Å². The van der Waals surface area contributed by atoms with Crippen LogP contribution in [0.4, 0.5) is 0 Å². The van der Waals surface area contributed by atoms with Crippen LogP contribution >= 0.6 is 23.1 Å². The normalized spacial score (nSPS) is 26.3. The summed E-state index contributed by atoms with van der Waals surface area (Å²) in [4.78, 5) is 2.90. The second-order valence-electron chi connectivity index (χ2n) is 4.92. The van der Waals surface area contributed by atoms with Crippen LogP contribution in [0.15, 0.2) is 12.1 Å². The molecule has 1 fully saturated rings. The molecule has 0 bridgehead atoms. The lowest BCUT2D eigenvalue weighted by Crippen LogP contribution is -2.29. The molecule has 2 rings (SSSR count). The highest BCUT2D eigenvalue weighted by Crippen LogP contribution is 2.31. The first-order chi connectivity index (χ1) is 8.19. The van der Waals surface area contributed by atoms with E-state index in [9.17, 15) is 0 Å². The predicted octanol–water partition coefficient (Wildman–Crippen LogP) is 4.38. The van der Waals surface area contributed by atoms with Gasteiger partial charge in [-0.25, -0.2) is 0 Å². The second kappa shape index (κ2) is 6.26. The van der Waals surface area contributed by atoms with E-state index >= 15 is 0 Å². The fraction of sp³-hybridized carbons (Fsp3) is 0.714. The molecule has 96 valence electrons. The number of thiophene rings is 1. The van der Waals surface area contributed by atoms with Crippen LogP contribution in [0.1, 0.15) is 48.9 Å². The Bertz CT molecular complexity index is 348. The van der Waals surface area contributed by atoms with Gasteiger partial charge >= 0.3 is 0 Å². The summed E-state index contributed by atoms with van der Waals surface area (Å²) < 4.78 is 0. The van der Waals surface area contributed by atoms with E-state index in [1.165, 1.54) is 34.8 Å². The first-order valence-electron chi connectivity index (χ1n) is 6.63. The Kier molecular flexibility index (Phi) is 4.95. The molecule has 1 aliphatic carbocycles. The van der Waals surface area contributed by atoms with Crippen molar-refractivity contribution in [3.63, 3.8) is 0 Å². The quantitative estimate of drug-likeness (QED) is 0.851. The van der Waals surface area contributed by atoms with Crippen LogP contribution in [-0.2, 0) is 0 Å². The van der Waals surface area contributed by atoms with Crippen LogP contribution in [0, 0.1) is 6.92 Å². The van der Waals surface area contributed by atoms with E-state index in [0.717, 1.165) is 11.3 Å². The molecule has 3 atom stereocenters. The number of rotatable bonds is 5. The van der Waals surface area contributed by atoms with Crippen LogP contribution in [0.5, 0.6) is 0 Å². The number of nitrogens with one attached hydrogen (secondary N) is 1. The fourth-order valence-electron chi connectivity index (χ4n) is 2.60. The van der Waals surface area contributed by atoms with Crippen LogP contribution in [0.25, 0.3) is 0 Å². The summed E-state index contributed by atoms with van der Waals surface area (Å²) in [6.07, 6.45) is 4.10. The molecule has 1 nitrogen and oxygen atoms in total. The van der Waals surface area contributed by atoms with Crippen molar-refractivity contribution in [2.75, 3.05) is 5.75 Å². The van der Waals surface area contributed by atoms with Crippen LogP contribution in [-0.4, -0.2) is 17.0 Å². The first-order valence-corrected chi connectivity index (χ1v) is 8.49. The Balaban J connectivity index is 1.82. The Morgan fingerprint density at radius 2 is 2.29 bits per heavy atom. The molecule has 3 heteroatoms. The van der Waals surface area contributed by atoms with Gasteiger partial charge in [0.15, 0.2) is 0 Å². The minimum Gasteiger partial charge on any atom is -0.307 e. The molecule has 0 amide bonds. The van der Waals surface area contributed by atoms with Gasteiger partial charge in [0.2, 0.25) is 0 Å². The minimum absolute atomic E-state index is 0.518. The largest absolute Gasteiger partial charge is 0.307 e. The molecule has 1 saturated carbocycles. The zero-order valence-corrected chi connectivity index (χ0v) is 12.7. The van der Waals surface area contributed by atoms with Gasteiger partial charge in [0.25, 0.3) is 0 Å². The number of hydrogen-bond acceptors (Lipinski definition) is 3. The zero-order valence-electron chi connectivity index (χ0n) is 11.0. The molecular formula is C14H23NS2. The molecule has 1 aromatic heterocycles. The average Bonchev–Trinajstić information content (AvgIpc) is 2.88. The van der Waals surface area contributed by atoms with E-state index in [0.29, 0.717) is 6.04 Å². The first kappa shape index (κ1) is 13.4. The topological polar surface area (TPSA) is 12.0 Å². The molecule has 1 heterocycles. The summed E-state index contributed by atoms with van der Waals surface area (Å²) in [5, 5.41) is 4.69. The number of thioether (sulfide) groups is 1. The third-order valence-electron chi connectivity index (χ3n) is 3.46. The van der Waals surface area contributed by atoms with E-state index in [1.54, 1.807) is 0 Å². The van der Waals surface area contributed by atoms with Gasteiger partial charge in [-0.3, -0.25) is 0 Å². The molecule has 0 spiro atoms. The summed E-state index contributed by atoms with van der Waals surface area (Å²) in [5.74, 6) is 1.26. The van der Waals surface area contributed by atoms with Gasteiger partial charge in [-0.05, 0) is 51.0 Å². The van der Waals surface area contributed by atoms with Crippen molar-refractivity contribution < 1.29 is 0 Å². The molecule has 0 saturated heterocycles. The maximum atomic E-state index is 3.79. The monoisotopic (exact) mass is 269 g/mol. The van der Waals surface area contributed by atoms with Crippen molar-refractivity contribution in [2.24, 2.45) is 0 Å². The van der Waals surface area contributed by atoms with Gasteiger partial charge in [0.05, 0.1) is 0 Å². The molecule has 0 radical (unpaired) electrons. The van der Waals surface area contributed by atoms with E-state index < -0.39 is 0 Å². The molecule has 3 unspecified atom stereocenters. The minimum atomic E-state index is 0.518. The molecule has 1 aliphatic rings. The van der Waals surface area contributed by atoms with Crippen LogP contribution in [0.3, 0.4) is 0 Å². The number of hydrogen-bond donors (Lipinski definition) is 1. The summed E-state index contributed by atoms with van der Waals surface area (Å²) >= 11 is 4.05. The summed E-state index contributed by atoms with van der Waals surface area (Å²) in [7, 11) is 0. The number of aryl methyl sites for hydroxylation is 1. The van der Waals surface area contributed by atoms with Crippen molar-refractivity contribution in [1.29, 1.82) is 0 Å². The molecule has 1 N–H and O–H groups in total. The lowest BCUT2D eigenvalue weighted by atomic mass is 10.2. The highest BCUT2D eigenvalue weighted by molar-refractivity contribution is 7.99. The molecule has 0 aliphatic heterocycles. The smallest absolute Gasteiger partial charge is 0.0388 e. The van der Waals surface area contributed by atoms with Crippen LogP contribution in [0.2, 0.25) is 0 Å². The van der Waals surface area contributed by atoms with E-state index in [-0.39, 0.29) is 0 Å². The highest BCUT2D eigenvalue weighted by atomic mass is 32.2. The van der Waals surface area contributed by atoms with Crippen molar-refractivity contribution in [1.82, 2.24) is 5.32 Å². The third-order valence-corrected chi connectivity index (χ3v) is 5.88. The van der Waals surface area contributed by atoms with Gasteiger partial charge < -0.3 is 5.32 Å². The predicted molar refractivity (Wildman–Crippen MR) is 80.2 cm³/mol.